The summed E-state index contributed by atoms with van der Waals surface area (Å²) in [6.07, 6.45) is 0.169. The second-order valence-electron chi connectivity index (χ2n) is 7.63. The van der Waals surface area contributed by atoms with Gasteiger partial charge in [0.2, 0.25) is 0 Å². The standard InChI is InChI=1S/C24H18N2O4/c27-17-10-11-20(21(28)13-17)26-23(29)18-6-3-7-19(22(18)24(26)30)25-16-9-8-14-4-1-2-5-15(14)12-16/h1-9,12,20,25H,10-11,13H2. The van der Waals surface area contributed by atoms with Crippen LogP contribution in [0.1, 0.15) is 40.0 Å². The minimum absolute atomic E-state index is 0.147. The smallest absolute Gasteiger partial charge is 0.264 e. The van der Waals surface area contributed by atoms with Crippen molar-refractivity contribution in [1.29, 1.82) is 0 Å². The highest BCUT2D eigenvalue weighted by Gasteiger charge is 2.45. The van der Waals surface area contributed by atoms with Crippen LogP contribution in [0.4, 0.5) is 11.4 Å². The van der Waals surface area contributed by atoms with Crippen molar-refractivity contribution < 1.29 is 19.2 Å². The molecule has 5 rings (SSSR count). The van der Waals surface area contributed by atoms with Crippen molar-refractivity contribution in [3.05, 3.63) is 71.8 Å². The number of hydrogen-bond acceptors (Lipinski definition) is 5. The van der Waals surface area contributed by atoms with Crippen LogP contribution in [-0.2, 0) is 9.59 Å². The molecule has 3 aromatic carbocycles. The molecule has 1 fully saturated rings. The lowest BCUT2D eigenvalue weighted by Gasteiger charge is -2.27. The number of Topliss-reactive ketones (excluding diaryl/α,β-unsaturated/α-hetero) is 2. The van der Waals surface area contributed by atoms with Crippen LogP contribution < -0.4 is 5.32 Å². The third kappa shape index (κ3) is 2.88. The Kier molecular flexibility index (Phi) is 4.20. The Morgan fingerprint density at radius 2 is 1.63 bits per heavy atom. The Balaban J connectivity index is 1.50. The maximum absolute atomic E-state index is 13.2. The molecule has 6 nitrogen and oxygen atoms in total. The van der Waals surface area contributed by atoms with E-state index in [1.165, 1.54) is 0 Å². The van der Waals surface area contributed by atoms with Gasteiger partial charge in [0.05, 0.1) is 29.3 Å². The number of imide groups is 1. The van der Waals surface area contributed by atoms with Gasteiger partial charge in [-0.2, -0.15) is 0 Å². The minimum Gasteiger partial charge on any atom is -0.355 e. The first-order valence-electron chi connectivity index (χ1n) is 9.84. The number of rotatable bonds is 3. The molecule has 1 aliphatic carbocycles. The predicted octanol–water partition coefficient (Wildman–Crippen LogP) is 3.87. The van der Waals surface area contributed by atoms with Gasteiger partial charge in [-0.15, -0.1) is 0 Å². The van der Waals surface area contributed by atoms with Crippen molar-refractivity contribution in [2.45, 2.75) is 25.3 Å². The van der Waals surface area contributed by atoms with E-state index >= 15 is 0 Å². The highest BCUT2D eigenvalue weighted by molar-refractivity contribution is 6.26. The Bertz CT molecular complexity index is 1250. The van der Waals surface area contributed by atoms with Crippen molar-refractivity contribution in [1.82, 2.24) is 4.90 Å². The van der Waals surface area contributed by atoms with E-state index in [1.807, 2.05) is 42.5 Å². The normalized spacial score (nSPS) is 18.8. The van der Waals surface area contributed by atoms with E-state index in [4.69, 9.17) is 0 Å². The first-order chi connectivity index (χ1) is 14.5. The highest BCUT2D eigenvalue weighted by atomic mass is 16.2. The monoisotopic (exact) mass is 398 g/mol. The summed E-state index contributed by atoms with van der Waals surface area (Å²) in [6.45, 7) is 0. The lowest BCUT2D eigenvalue weighted by molar-refractivity contribution is -0.132. The lowest BCUT2D eigenvalue weighted by atomic mass is 9.92. The lowest BCUT2D eigenvalue weighted by Crippen LogP contribution is -2.47. The first kappa shape index (κ1) is 18.2. The van der Waals surface area contributed by atoms with Crippen LogP contribution in [-0.4, -0.2) is 34.3 Å². The second kappa shape index (κ2) is 6.91. The van der Waals surface area contributed by atoms with E-state index in [-0.39, 0.29) is 42.0 Å². The SMILES string of the molecule is O=C1CCC(N2C(=O)c3cccc(Nc4ccc5ccccc5c4)c3C2=O)C(=O)C1. The van der Waals surface area contributed by atoms with Gasteiger partial charge in [0.1, 0.15) is 5.78 Å². The summed E-state index contributed by atoms with van der Waals surface area (Å²) in [5.41, 5.74) is 1.85. The van der Waals surface area contributed by atoms with Crippen LogP contribution in [0.2, 0.25) is 0 Å². The highest BCUT2D eigenvalue weighted by Crippen LogP contribution is 2.34. The van der Waals surface area contributed by atoms with Gasteiger partial charge in [-0.1, -0.05) is 36.4 Å². The van der Waals surface area contributed by atoms with Crippen LogP contribution in [0.15, 0.2) is 60.7 Å². The van der Waals surface area contributed by atoms with E-state index in [9.17, 15) is 19.2 Å². The zero-order chi connectivity index (χ0) is 20.8. The molecule has 2 aliphatic rings. The van der Waals surface area contributed by atoms with Crippen LogP contribution in [0.25, 0.3) is 10.8 Å². The molecule has 2 amide bonds. The number of carbonyl (C=O) groups excluding carboxylic acids is 4. The molecule has 1 aliphatic heterocycles. The van der Waals surface area contributed by atoms with E-state index in [0.717, 1.165) is 21.4 Å². The number of amides is 2. The number of ketones is 2. The van der Waals surface area contributed by atoms with Crippen molar-refractivity contribution in [2.75, 3.05) is 5.32 Å². The molecule has 0 saturated heterocycles. The summed E-state index contributed by atoms with van der Waals surface area (Å²) >= 11 is 0. The number of anilines is 2. The van der Waals surface area contributed by atoms with Crippen molar-refractivity contribution in [2.24, 2.45) is 0 Å². The molecule has 0 spiro atoms. The zero-order valence-electron chi connectivity index (χ0n) is 16.1. The van der Waals surface area contributed by atoms with E-state index in [0.29, 0.717) is 5.69 Å². The minimum atomic E-state index is -0.872. The summed E-state index contributed by atoms with van der Waals surface area (Å²) < 4.78 is 0. The molecule has 1 N–H and O–H groups in total. The number of nitrogens with zero attached hydrogens (tertiary/aromatic N) is 1. The quantitative estimate of drug-likeness (QED) is 0.535. The number of carbonyl (C=O) groups is 4. The molecule has 148 valence electrons. The van der Waals surface area contributed by atoms with Gasteiger partial charge in [0.15, 0.2) is 5.78 Å². The average molecular weight is 398 g/mol. The number of benzene rings is 3. The van der Waals surface area contributed by atoms with Crippen LogP contribution in [0, 0.1) is 0 Å². The molecule has 0 bridgehead atoms. The van der Waals surface area contributed by atoms with Crippen LogP contribution in [0.5, 0.6) is 0 Å². The molecule has 6 heteroatoms. The fourth-order valence-electron chi connectivity index (χ4n) is 4.25. The van der Waals surface area contributed by atoms with E-state index < -0.39 is 17.9 Å². The fourth-order valence-corrected chi connectivity index (χ4v) is 4.25. The summed E-state index contributed by atoms with van der Waals surface area (Å²) in [4.78, 5) is 51.1. The summed E-state index contributed by atoms with van der Waals surface area (Å²) in [5.74, 6) is -1.49. The first-order valence-corrected chi connectivity index (χ1v) is 9.84. The molecule has 0 aromatic heterocycles. The van der Waals surface area contributed by atoms with Crippen LogP contribution >= 0.6 is 0 Å². The van der Waals surface area contributed by atoms with Gasteiger partial charge in [-0.05, 0) is 41.5 Å². The maximum Gasteiger partial charge on any atom is 0.264 e. The number of nitrogens with one attached hydrogen (secondary N) is 1. The third-order valence-electron chi connectivity index (χ3n) is 5.73. The van der Waals surface area contributed by atoms with Crippen molar-refractivity contribution >= 4 is 45.5 Å². The third-order valence-corrected chi connectivity index (χ3v) is 5.73. The molecular formula is C24H18N2O4. The second-order valence-corrected chi connectivity index (χ2v) is 7.63. The van der Waals surface area contributed by atoms with Gasteiger partial charge in [0, 0.05) is 12.1 Å². The molecule has 1 saturated carbocycles. The van der Waals surface area contributed by atoms with E-state index in [1.54, 1.807) is 18.2 Å². The zero-order valence-corrected chi connectivity index (χ0v) is 16.1. The van der Waals surface area contributed by atoms with Crippen molar-refractivity contribution in [3.8, 4) is 0 Å². The summed E-state index contributed by atoms with van der Waals surface area (Å²) in [5, 5.41) is 5.40. The number of fused-ring (bicyclic) bond motifs is 2. The fraction of sp³-hybridized carbons (Fsp3) is 0.167. The van der Waals surface area contributed by atoms with Crippen molar-refractivity contribution in [3.63, 3.8) is 0 Å². The Labute approximate surface area is 172 Å². The van der Waals surface area contributed by atoms with Gasteiger partial charge < -0.3 is 5.32 Å². The molecule has 1 unspecified atom stereocenters. The molecule has 1 atom stereocenters. The Morgan fingerprint density at radius 3 is 2.43 bits per heavy atom. The van der Waals surface area contributed by atoms with Gasteiger partial charge >= 0.3 is 0 Å². The topological polar surface area (TPSA) is 83.6 Å². The molecule has 30 heavy (non-hydrogen) atoms. The molecular weight excluding hydrogens is 380 g/mol. The summed E-state index contributed by atoms with van der Waals surface area (Å²) in [7, 11) is 0. The van der Waals surface area contributed by atoms with E-state index in [2.05, 4.69) is 5.32 Å². The molecule has 0 radical (unpaired) electrons. The predicted molar refractivity (Wildman–Crippen MR) is 112 cm³/mol. The van der Waals surface area contributed by atoms with Crippen LogP contribution in [0.3, 0.4) is 0 Å². The Hall–Kier alpha value is -3.80. The Morgan fingerprint density at radius 1 is 0.833 bits per heavy atom. The number of hydrogen-bond donors (Lipinski definition) is 1. The van der Waals surface area contributed by atoms with Gasteiger partial charge in [0.25, 0.3) is 11.8 Å². The maximum atomic E-state index is 13.2. The molecule has 3 aromatic rings. The van der Waals surface area contributed by atoms with Gasteiger partial charge in [-0.25, -0.2) is 0 Å². The summed E-state index contributed by atoms with van der Waals surface area (Å²) in [6, 6.07) is 18.0. The molecule has 1 heterocycles. The largest absolute Gasteiger partial charge is 0.355 e. The average Bonchev–Trinajstić information content (AvgIpc) is 2.99. The van der Waals surface area contributed by atoms with Gasteiger partial charge in [-0.3, -0.25) is 24.1 Å².